The lowest BCUT2D eigenvalue weighted by Crippen LogP contribution is -2.41. The molecule has 0 N–H and O–H groups in total. The molecular weight excluding hydrogens is 408 g/mol. The summed E-state index contributed by atoms with van der Waals surface area (Å²) in [5.74, 6) is 2.04. The zero-order valence-electron chi connectivity index (χ0n) is 18.8. The minimum atomic E-state index is 0.161. The Balaban J connectivity index is 1.35. The molecule has 1 unspecified atom stereocenters. The number of benzene rings is 2. The van der Waals surface area contributed by atoms with Crippen molar-refractivity contribution in [1.82, 2.24) is 4.90 Å². The zero-order valence-corrected chi connectivity index (χ0v) is 19.6. The van der Waals surface area contributed by atoms with Gasteiger partial charge in [-0.2, -0.15) is 0 Å². The Labute approximate surface area is 191 Å². The van der Waals surface area contributed by atoms with Gasteiger partial charge in [0.05, 0.1) is 6.10 Å². The summed E-state index contributed by atoms with van der Waals surface area (Å²) in [5.41, 5.74) is 3.56. The van der Waals surface area contributed by atoms with Gasteiger partial charge in [0, 0.05) is 36.6 Å². The summed E-state index contributed by atoms with van der Waals surface area (Å²) in [4.78, 5) is 16.8. The predicted octanol–water partition coefficient (Wildman–Crippen LogP) is 5.53. The number of halogens is 1. The number of fused-ring (bicyclic) bond motifs is 1. The van der Waals surface area contributed by atoms with Crippen LogP contribution in [0.2, 0.25) is 5.02 Å². The van der Waals surface area contributed by atoms with Crippen LogP contribution in [0.5, 0.6) is 5.75 Å². The van der Waals surface area contributed by atoms with Crippen LogP contribution in [-0.2, 0) is 11.2 Å². The van der Waals surface area contributed by atoms with Crippen LogP contribution < -0.4 is 9.64 Å². The Bertz CT molecular complexity index is 921. The normalized spacial score (nSPS) is 20.2. The number of anilines is 1. The fourth-order valence-corrected chi connectivity index (χ4v) is 5.14. The van der Waals surface area contributed by atoms with Crippen molar-refractivity contribution < 1.29 is 9.53 Å². The number of amides is 1. The first-order chi connectivity index (χ1) is 14.9. The van der Waals surface area contributed by atoms with Crippen molar-refractivity contribution in [2.24, 2.45) is 5.92 Å². The lowest BCUT2D eigenvalue weighted by molar-refractivity contribution is -0.119. The molecule has 4 rings (SSSR count). The van der Waals surface area contributed by atoms with E-state index in [2.05, 4.69) is 29.2 Å². The summed E-state index contributed by atoms with van der Waals surface area (Å²) in [6, 6.07) is 14.4. The number of rotatable bonds is 6. The fourth-order valence-electron chi connectivity index (χ4n) is 4.94. The Morgan fingerprint density at radius 3 is 2.61 bits per heavy atom. The minimum absolute atomic E-state index is 0.161. The molecule has 0 radical (unpaired) electrons. The first-order valence-corrected chi connectivity index (χ1v) is 11.8. The van der Waals surface area contributed by atoms with Crippen LogP contribution in [0, 0.1) is 5.92 Å². The molecule has 0 aliphatic carbocycles. The van der Waals surface area contributed by atoms with Gasteiger partial charge in [0.15, 0.2) is 0 Å². The van der Waals surface area contributed by atoms with Crippen molar-refractivity contribution in [3.8, 4) is 5.75 Å². The lowest BCUT2D eigenvalue weighted by Gasteiger charge is -2.37. The van der Waals surface area contributed by atoms with E-state index >= 15 is 0 Å². The van der Waals surface area contributed by atoms with Crippen molar-refractivity contribution >= 4 is 23.2 Å². The second-order valence-electron chi connectivity index (χ2n) is 9.28. The third-order valence-corrected chi connectivity index (χ3v) is 6.99. The van der Waals surface area contributed by atoms with Gasteiger partial charge in [-0.15, -0.1) is 0 Å². The van der Waals surface area contributed by atoms with Gasteiger partial charge in [0.1, 0.15) is 5.75 Å². The molecule has 1 fully saturated rings. The van der Waals surface area contributed by atoms with E-state index in [0.717, 1.165) is 55.4 Å². The number of nitrogens with zero attached hydrogens (tertiary/aromatic N) is 2. The van der Waals surface area contributed by atoms with E-state index in [1.54, 1.807) is 4.90 Å². The Kier molecular flexibility index (Phi) is 6.88. The average molecular weight is 441 g/mol. The number of carbonyl (C=O) groups is 1. The van der Waals surface area contributed by atoms with E-state index in [0.29, 0.717) is 12.3 Å². The van der Waals surface area contributed by atoms with Crippen LogP contribution in [0.25, 0.3) is 0 Å². The molecule has 0 saturated carbocycles. The van der Waals surface area contributed by atoms with Crippen LogP contribution >= 0.6 is 11.6 Å². The van der Waals surface area contributed by atoms with Gasteiger partial charge < -0.3 is 14.5 Å². The van der Waals surface area contributed by atoms with Crippen LogP contribution in [0.3, 0.4) is 0 Å². The second kappa shape index (κ2) is 9.62. The predicted molar refractivity (Wildman–Crippen MR) is 127 cm³/mol. The van der Waals surface area contributed by atoms with Crippen molar-refractivity contribution in [3.05, 3.63) is 58.6 Å². The molecule has 1 atom stereocenters. The lowest BCUT2D eigenvalue weighted by atomic mass is 9.86. The molecule has 0 spiro atoms. The molecule has 2 aromatic rings. The number of likely N-dealkylation sites (tertiary alicyclic amines) is 1. The van der Waals surface area contributed by atoms with Gasteiger partial charge >= 0.3 is 0 Å². The second-order valence-corrected chi connectivity index (χ2v) is 9.69. The monoisotopic (exact) mass is 440 g/mol. The molecule has 31 heavy (non-hydrogen) atoms. The van der Waals surface area contributed by atoms with E-state index in [4.69, 9.17) is 16.3 Å². The molecule has 4 nitrogen and oxygen atoms in total. The number of hydrogen-bond acceptors (Lipinski definition) is 3. The Morgan fingerprint density at radius 1 is 1.13 bits per heavy atom. The number of para-hydroxylation sites is 1. The molecule has 2 heterocycles. The van der Waals surface area contributed by atoms with Crippen LogP contribution in [0.4, 0.5) is 5.69 Å². The molecule has 2 aliphatic rings. The van der Waals surface area contributed by atoms with E-state index < -0.39 is 0 Å². The van der Waals surface area contributed by atoms with Gasteiger partial charge in [-0.1, -0.05) is 29.8 Å². The zero-order chi connectivity index (χ0) is 22.0. The van der Waals surface area contributed by atoms with Gasteiger partial charge in [0.25, 0.3) is 0 Å². The third-order valence-electron chi connectivity index (χ3n) is 6.62. The van der Waals surface area contributed by atoms with E-state index in [9.17, 15) is 4.79 Å². The first-order valence-electron chi connectivity index (χ1n) is 11.4. The van der Waals surface area contributed by atoms with Gasteiger partial charge in [-0.3, -0.25) is 4.79 Å². The molecular formula is C26H33ClN2O2. The Hall–Kier alpha value is -2.04. The quantitative estimate of drug-likeness (QED) is 0.591. The molecule has 2 aliphatic heterocycles. The van der Waals surface area contributed by atoms with Gasteiger partial charge in [-0.25, -0.2) is 0 Å². The average Bonchev–Trinajstić information content (AvgIpc) is 2.75. The molecule has 5 heteroatoms. The summed E-state index contributed by atoms with van der Waals surface area (Å²) < 4.78 is 5.85. The maximum absolute atomic E-state index is 12.5. The highest BCUT2D eigenvalue weighted by Gasteiger charge is 2.31. The summed E-state index contributed by atoms with van der Waals surface area (Å²) in [5, 5.41) is 0.833. The van der Waals surface area contributed by atoms with E-state index in [1.165, 1.54) is 11.1 Å². The number of hydrogen-bond donors (Lipinski definition) is 0. The summed E-state index contributed by atoms with van der Waals surface area (Å²) in [7, 11) is 1.88. The highest BCUT2D eigenvalue weighted by atomic mass is 35.5. The standard InChI is InChI=1S/C26H33ClN2O2/c1-18(2)31-22-8-9-24(27)20(15-22)14-19-10-12-29(13-11-19)17-21-16-26(30)28(3)25-7-5-4-6-23(21)25/h4-9,15,18-19,21H,10-14,16-17H2,1-3H3. The maximum atomic E-state index is 12.5. The largest absolute Gasteiger partial charge is 0.491 e. The molecule has 0 aromatic heterocycles. The third kappa shape index (κ3) is 5.24. The molecule has 166 valence electrons. The maximum Gasteiger partial charge on any atom is 0.227 e. The number of carbonyl (C=O) groups excluding carboxylic acids is 1. The first kappa shape index (κ1) is 22.2. The SMILES string of the molecule is CC(C)Oc1ccc(Cl)c(CC2CCN(CC3CC(=O)N(C)c4ccccc43)CC2)c1. The molecule has 1 amide bonds. The van der Waals surface area contributed by atoms with Crippen molar-refractivity contribution in [2.45, 2.75) is 51.6 Å². The summed E-state index contributed by atoms with van der Waals surface area (Å²) >= 11 is 6.48. The van der Waals surface area contributed by atoms with Crippen molar-refractivity contribution in [1.29, 1.82) is 0 Å². The number of piperidine rings is 1. The van der Waals surface area contributed by atoms with Crippen molar-refractivity contribution in [2.75, 3.05) is 31.6 Å². The molecule has 0 bridgehead atoms. The highest BCUT2D eigenvalue weighted by Crippen LogP contribution is 2.36. The highest BCUT2D eigenvalue weighted by molar-refractivity contribution is 6.31. The minimum Gasteiger partial charge on any atom is -0.491 e. The van der Waals surface area contributed by atoms with E-state index in [1.807, 2.05) is 39.1 Å². The summed E-state index contributed by atoms with van der Waals surface area (Å²) in [6.07, 6.45) is 4.08. The molecule has 1 saturated heterocycles. The Morgan fingerprint density at radius 2 is 1.87 bits per heavy atom. The smallest absolute Gasteiger partial charge is 0.227 e. The van der Waals surface area contributed by atoms with Crippen LogP contribution in [-0.4, -0.2) is 43.6 Å². The fraction of sp³-hybridized carbons (Fsp3) is 0.500. The van der Waals surface area contributed by atoms with Crippen LogP contribution in [0.1, 0.15) is 50.2 Å². The summed E-state index contributed by atoms with van der Waals surface area (Å²) in [6.45, 7) is 7.20. The van der Waals surface area contributed by atoms with Gasteiger partial charge in [0.2, 0.25) is 5.91 Å². The van der Waals surface area contributed by atoms with Crippen LogP contribution in [0.15, 0.2) is 42.5 Å². The van der Waals surface area contributed by atoms with E-state index in [-0.39, 0.29) is 17.9 Å². The molecule has 2 aromatic carbocycles. The van der Waals surface area contributed by atoms with Gasteiger partial charge in [-0.05, 0) is 87.5 Å². The topological polar surface area (TPSA) is 32.8 Å². The number of ether oxygens (including phenoxy) is 1. The van der Waals surface area contributed by atoms with Crippen molar-refractivity contribution in [3.63, 3.8) is 0 Å².